The number of piperidine rings is 1. The predicted octanol–water partition coefficient (Wildman–Crippen LogP) is 2.09. The van der Waals surface area contributed by atoms with Gasteiger partial charge in [-0.2, -0.15) is 0 Å². The number of carbonyl (C=O) groups is 1. The molecule has 0 unspecified atom stereocenters. The van der Waals surface area contributed by atoms with E-state index in [9.17, 15) is 4.79 Å². The number of amides is 1. The second-order valence-electron chi connectivity index (χ2n) is 5.58. The molecule has 0 aromatic heterocycles. The van der Waals surface area contributed by atoms with Crippen LogP contribution in [0.5, 0.6) is 0 Å². The van der Waals surface area contributed by atoms with E-state index in [2.05, 4.69) is 4.90 Å². The minimum Gasteiger partial charge on any atom is -0.302 e. The highest BCUT2D eigenvalue weighted by molar-refractivity contribution is 5.87. The molecule has 4 nitrogen and oxygen atoms in total. The first-order valence-electron chi connectivity index (χ1n) is 7.14. The third-order valence-corrected chi connectivity index (χ3v) is 4.18. The number of carbonyl (C=O) groups excluding carboxylic acids is 1. The van der Waals surface area contributed by atoms with E-state index in [0.717, 1.165) is 37.4 Å². The van der Waals surface area contributed by atoms with Crippen molar-refractivity contribution in [2.24, 2.45) is 5.92 Å². The summed E-state index contributed by atoms with van der Waals surface area (Å²) >= 11 is 0. The summed E-state index contributed by atoms with van der Waals surface area (Å²) < 4.78 is 0. The zero-order valence-electron chi connectivity index (χ0n) is 11.0. The smallest absolute Gasteiger partial charge is 0.267 e. The van der Waals surface area contributed by atoms with E-state index in [1.165, 1.54) is 44.7 Å². The Balaban J connectivity index is 1.72. The number of hydrogen-bond acceptors (Lipinski definition) is 3. The normalized spacial score (nSPS) is 22.8. The van der Waals surface area contributed by atoms with Crippen molar-refractivity contribution in [2.75, 3.05) is 19.6 Å². The first-order valence-corrected chi connectivity index (χ1v) is 7.14. The number of hydroxylamine groups is 1. The minimum atomic E-state index is -0.397. The molecule has 2 rings (SSSR count). The van der Waals surface area contributed by atoms with E-state index >= 15 is 0 Å². The molecule has 18 heavy (non-hydrogen) atoms. The van der Waals surface area contributed by atoms with Crippen LogP contribution in [0.3, 0.4) is 0 Å². The SMILES string of the molecule is O=C(C=C1CCN(CC2CCCCC2)CC1)NO. The Morgan fingerprint density at radius 2 is 1.94 bits per heavy atom. The van der Waals surface area contributed by atoms with Crippen LogP contribution in [-0.2, 0) is 4.79 Å². The van der Waals surface area contributed by atoms with Gasteiger partial charge in [-0.15, -0.1) is 0 Å². The number of nitrogens with one attached hydrogen (secondary N) is 1. The fourth-order valence-electron chi connectivity index (χ4n) is 3.12. The van der Waals surface area contributed by atoms with Gasteiger partial charge in [0.15, 0.2) is 0 Å². The maximum Gasteiger partial charge on any atom is 0.267 e. The van der Waals surface area contributed by atoms with Gasteiger partial charge in [-0.25, -0.2) is 5.48 Å². The van der Waals surface area contributed by atoms with Crippen LogP contribution in [0.15, 0.2) is 11.6 Å². The molecule has 0 aromatic carbocycles. The van der Waals surface area contributed by atoms with Crippen molar-refractivity contribution in [3.63, 3.8) is 0 Å². The molecule has 0 bridgehead atoms. The van der Waals surface area contributed by atoms with Gasteiger partial charge in [0, 0.05) is 25.7 Å². The average molecular weight is 252 g/mol. The molecule has 1 heterocycles. The summed E-state index contributed by atoms with van der Waals surface area (Å²) in [6.45, 7) is 3.35. The topological polar surface area (TPSA) is 52.6 Å². The monoisotopic (exact) mass is 252 g/mol. The van der Waals surface area contributed by atoms with Gasteiger partial charge in [0.05, 0.1) is 0 Å². The number of nitrogens with zero attached hydrogens (tertiary/aromatic N) is 1. The Labute approximate surface area is 109 Å². The van der Waals surface area contributed by atoms with E-state index in [1.54, 1.807) is 5.48 Å². The first-order chi connectivity index (χ1) is 8.78. The molecule has 102 valence electrons. The Morgan fingerprint density at radius 3 is 2.56 bits per heavy atom. The molecule has 0 aromatic rings. The van der Waals surface area contributed by atoms with Gasteiger partial charge < -0.3 is 4.90 Å². The lowest BCUT2D eigenvalue weighted by Gasteiger charge is -2.33. The fraction of sp³-hybridized carbons (Fsp3) is 0.786. The quantitative estimate of drug-likeness (QED) is 0.459. The molecule has 1 saturated carbocycles. The molecule has 1 aliphatic heterocycles. The summed E-state index contributed by atoms with van der Waals surface area (Å²) in [7, 11) is 0. The van der Waals surface area contributed by atoms with Crippen molar-refractivity contribution in [2.45, 2.75) is 44.9 Å². The molecular formula is C14H24N2O2. The number of rotatable bonds is 3. The van der Waals surface area contributed by atoms with Gasteiger partial charge in [0.2, 0.25) is 0 Å². The lowest BCUT2D eigenvalue weighted by Crippen LogP contribution is -2.35. The van der Waals surface area contributed by atoms with Crippen LogP contribution in [0.1, 0.15) is 44.9 Å². The van der Waals surface area contributed by atoms with E-state index < -0.39 is 5.91 Å². The summed E-state index contributed by atoms with van der Waals surface area (Å²) in [5, 5.41) is 8.48. The van der Waals surface area contributed by atoms with Crippen molar-refractivity contribution in [1.82, 2.24) is 10.4 Å². The number of hydrogen-bond donors (Lipinski definition) is 2. The molecule has 0 radical (unpaired) electrons. The van der Waals surface area contributed by atoms with Gasteiger partial charge in [-0.3, -0.25) is 10.0 Å². The summed E-state index contributed by atoms with van der Waals surface area (Å²) in [6, 6.07) is 0. The zero-order chi connectivity index (χ0) is 12.8. The van der Waals surface area contributed by atoms with Crippen molar-refractivity contribution in [3.05, 3.63) is 11.6 Å². The van der Waals surface area contributed by atoms with Crippen LogP contribution < -0.4 is 5.48 Å². The molecule has 4 heteroatoms. The van der Waals surface area contributed by atoms with E-state index in [0.29, 0.717) is 0 Å². The van der Waals surface area contributed by atoms with Gasteiger partial charge >= 0.3 is 0 Å². The third kappa shape index (κ3) is 4.10. The highest BCUT2D eigenvalue weighted by Crippen LogP contribution is 2.26. The molecule has 2 N–H and O–H groups in total. The molecular weight excluding hydrogens is 228 g/mol. The second kappa shape index (κ2) is 6.90. The molecule has 2 aliphatic rings. The minimum absolute atomic E-state index is 0.397. The summed E-state index contributed by atoms with van der Waals surface area (Å²) in [4.78, 5) is 13.6. The standard InChI is InChI=1S/C14H24N2O2/c17-14(15-18)10-12-6-8-16(9-7-12)11-13-4-2-1-3-5-13/h10,13,18H,1-9,11H2,(H,15,17). The first kappa shape index (κ1) is 13.6. The highest BCUT2D eigenvalue weighted by atomic mass is 16.5. The van der Waals surface area contributed by atoms with Gasteiger partial charge in [-0.05, 0) is 31.6 Å². The molecule has 0 atom stereocenters. The van der Waals surface area contributed by atoms with Crippen LogP contribution in [0.2, 0.25) is 0 Å². The van der Waals surface area contributed by atoms with Gasteiger partial charge in [0.1, 0.15) is 0 Å². The maximum absolute atomic E-state index is 11.0. The average Bonchev–Trinajstić information content (AvgIpc) is 2.42. The van der Waals surface area contributed by atoms with Gasteiger partial charge in [-0.1, -0.05) is 24.8 Å². The molecule has 1 amide bonds. The second-order valence-corrected chi connectivity index (χ2v) is 5.58. The third-order valence-electron chi connectivity index (χ3n) is 4.18. The van der Waals surface area contributed by atoms with Crippen LogP contribution in [0.4, 0.5) is 0 Å². The lowest BCUT2D eigenvalue weighted by atomic mass is 9.88. The highest BCUT2D eigenvalue weighted by Gasteiger charge is 2.20. The van der Waals surface area contributed by atoms with Crippen LogP contribution in [0, 0.1) is 5.92 Å². The van der Waals surface area contributed by atoms with Gasteiger partial charge in [0.25, 0.3) is 5.91 Å². The Hall–Kier alpha value is -0.870. The van der Waals surface area contributed by atoms with E-state index in [1.807, 2.05) is 0 Å². The maximum atomic E-state index is 11.0. The summed E-state index contributed by atoms with van der Waals surface area (Å²) in [6.07, 6.45) is 10.5. The summed E-state index contributed by atoms with van der Waals surface area (Å²) in [5.74, 6) is 0.496. The van der Waals surface area contributed by atoms with Crippen molar-refractivity contribution < 1.29 is 10.0 Å². The van der Waals surface area contributed by atoms with Crippen LogP contribution in [0.25, 0.3) is 0 Å². The molecule has 0 spiro atoms. The molecule has 2 fully saturated rings. The Morgan fingerprint density at radius 1 is 1.28 bits per heavy atom. The van der Waals surface area contributed by atoms with E-state index in [-0.39, 0.29) is 0 Å². The van der Waals surface area contributed by atoms with Crippen LogP contribution in [-0.4, -0.2) is 35.6 Å². The predicted molar refractivity (Wildman–Crippen MR) is 70.3 cm³/mol. The van der Waals surface area contributed by atoms with Crippen molar-refractivity contribution in [1.29, 1.82) is 0 Å². The van der Waals surface area contributed by atoms with E-state index in [4.69, 9.17) is 5.21 Å². The van der Waals surface area contributed by atoms with Crippen LogP contribution >= 0.6 is 0 Å². The fourth-order valence-corrected chi connectivity index (χ4v) is 3.12. The van der Waals surface area contributed by atoms with Crippen molar-refractivity contribution >= 4 is 5.91 Å². The summed E-state index contributed by atoms with van der Waals surface area (Å²) in [5.41, 5.74) is 2.81. The Kier molecular flexibility index (Phi) is 5.20. The molecule has 1 aliphatic carbocycles. The van der Waals surface area contributed by atoms with Crippen molar-refractivity contribution in [3.8, 4) is 0 Å². The molecule has 1 saturated heterocycles. The Bertz CT molecular complexity index is 299. The number of likely N-dealkylation sites (tertiary alicyclic amines) is 1. The zero-order valence-corrected chi connectivity index (χ0v) is 11.0. The largest absolute Gasteiger partial charge is 0.302 e. The lowest BCUT2D eigenvalue weighted by molar-refractivity contribution is -0.124.